The molecule has 65 heavy (non-hydrogen) atoms. The maximum atomic E-state index is 14.7. The number of benzene rings is 2. The molecule has 344 valence electrons. The van der Waals surface area contributed by atoms with Crippen LogP contribution in [0.5, 0.6) is 0 Å². The summed E-state index contributed by atoms with van der Waals surface area (Å²) in [7, 11) is 0. The van der Waals surface area contributed by atoms with Gasteiger partial charge in [-0.3, -0.25) is 43.7 Å². The molecule has 2 aromatic carbocycles. The van der Waals surface area contributed by atoms with E-state index in [2.05, 4.69) is 37.3 Å². The Balaban J connectivity index is 1.23. The quantitative estimate of drug-likeness (QED) is 0.0794. The number of carbonyl (C=O) groups excluding carboxylic acids is 8. The van der Waals surface area contributed by atoms with E-state index in [4.69, 9.17) is 0 Å². The second kappa shape index (κ2) is 19.6. The topological polar surface area (TPSA) is 291 Å². The lowest BCUT2D eigenvalue weighted by atomic mass is 10.0. The number of carbonyl (C=O) groups is 9. The minimum Gasteiger partial charge on any atom is -0.480 e. The number of rotatable bonds is 11. The van der Waals surface area contributed by atoms with Crippen molar-refractivity contribution in [3.8, 4) is 0 Å². The van der Waals surface area contributed by atoms with Crippen molar-refractivity contribution in [1.29, 1.82) is 0 Å². The molecule has 7 atom stereocenters. The first-order valence-corrected chi connectivity index (χ1v) is 21.5. The SMILES string of the molecule is CC(C)C1NC(=O)[C@H](Nn2cc(C[C@H](C=O)NC(=O)[C@H]3CCCN3C(=O)[C@@H]3CCC(=O)N3)c3ccccc32)n2cc(c3ccccc32)C[C@@H](C(=O)O)NC(=O)[C@@H](CO)NC(=O)CNC1=O. The summed E-state index contributed by atoms with van der Waals surface area (Å²) >= 11 is 0. The van der Waals surface area contributed by atoms with Gasteiger partial charge < -0.3 is 56.4 Å². The molecule has 0 spiro atoms. The Morgan fingerprint density at radius 3 is 2.25 bits per heavy atom. The van der Waals surface area contributed by atoms with Crippen LogP contribution in [0.25, 0.3) is 21.8 Å². The third-order valence-corrected chi connectivity index (χ3v) is 12.0. The van der Waals surface area contributed by atoms with Crippen molar-refractivity contribution in [2.24, 2.45) is 5.92 Å². The molecular weight excluding hydrogens is 845 g/mol. The average molecular weight is 897 g/mol. The van der Waals surface area contributed by atoms with Crippen LogP contribution in [-0.4, -0.2) is 134 Å². The number of hydrogen-bond donors (Lipinski definition) is 9. The second-order valence-corrected chi connectivity index (χ2v) is 16.8. The first kappa shape index (κ1) is 45.7. The highest BCUT2D eigenvalue weighted by atomic mass is 16.4. The third kappa shape index (κ3) is 9.94. The highest BCUT2D eigenvalue weighted by Crippen LogP contribution is 2.29. The van der Waals surface area contributed by atoms with Crippen molar-refractivity contribution in [2.45, 2.75) is 94.8 Å². The summed E-state index contributed by atoms with van der Waals surface area (Å²) in [5.41, 5.74) is 5.32. The van der Waals surface area contributed by atoms with Gasteiger partial charge in [-0.1, -0.05) is 50.2 Å². The summed E-state index contributed by atoms with van der Waals surface area (Å²) in [6, 6.07) is 7.21. The van der Waals surface area contributed by atoms with Crippen LogP contribution in [0.3, 0.4) is 0 Å². The van der Waals surface area contributed by atoms with Crippen molar-refractivity contribution >= 4 is 75.4 Å². The molecule has 2 aromatic heterocycles. The Bertz CT molecular complexity index is 2530. The molecule has 9 N–H and O–H groups in total. The standard InChI is InChI=1S/C44H52N10O11/c1-23(2)37-41(61)45-18-36(58)48-31(22-56)39(59)49-30(44(64)65)17-25-19-53(32-10-5-3-8-27(25)32)38(42(62)50-37)51-54-20-24(28-9-4-6-11-33(28)54)16-26(21-55)46-40(60)34-12-7-15-52(34)43(63)29-13-14-35(57)47-29/h3-6,8-11,19-21,23,26,29-31,34,37-38,51,56H,7,12-18,22H2,1-2H3,(H,45,61)(H,46,60)(H,47,57)(H,48,58)(H,49,59)(H,50,62)(H,64,65)/t26-,29+,30+,31-,34-,37?,38-/m1/s1. The molecule has 3 aliphatic heterocycles. The lowest BCUT2D eigenvalue weighted by molar-refractivity contribution is -0.142. The van der Waals surface area contributed by atoms with Gasteiger partial charge in [0.2, 0.25) is 35.4 Å². The van der Waals surface area contributed by atoms with Gasteiger partial charge >= 0.3 is 5.97 Å². The Hall–Kier alpha value is -7.29. The minimum absolute atomic E-state index is 0.0137. The summed E-state index contributed by atoms with van der Waals surface area (Å²) in [6.45, 7) is 2.24. The van der Waals surface area contributed by atoms with Gasteiger partial charge in [0, 0.05) is 49.0 Å². The number of nitrogens with zero attached hydrogens (tertiary/aromatic N) is 3. The molecular formula is C44H52N10O11. The minimum atomic E-state index is -1.54. The Morgan fingerprint density at radius 1 is 0.846 bits per heavy atom. The van der Waals surface area contributed by atoms with Crippen molar-refractivity contribution in [1.82, 2.24) is 46.0 Å². The molecule has 0 aliphatic carbocycles. The molecule has 7 amide bonds. The van der Waals surface area contributed by atoms with E-state index >= 15 is 0 Å². The van der Waals surface area contributed by atoms with Gasteiger partial charge in [-0.25, -0.2) is 4.79 Å². The van der Waals surface area contributed by atoms with Gasteiger partial charge in [-0.2, -0.15) is 0 Å². The number of aliphatic hydroxyl groups is 1. The van der Waals surface area contributed by atoms with E-state index in [0.29, 0.717) is 65.0 Å². The number of aliphatic carboxylic acids is 1. The summed E-state index contributed by atoms with van der Waals surface area (Å²) < 4.78 is 3.15. The summed E-state index contributed by atoms with van der Waals surface area (Å²) in [4.78, 5) is 120. The van der Waals surface area contributed by atoms with Crippen LogP contribution >= 0.6 is 0 Å². The zero-order chi connectivity index (χ0) is 46.5. The summed E-state index contributed by atoms with van der Waals surface area (Å²) in [5.74, 6) is -6.21. The number of likely N-dealkylation sites (tertiary alicyclic amines) is 1. The van der Waals surface area contributed by atoms with Gasteiger partial charge in [0.1, 0.15) is 36.5 Å². The van der Waals surface area contributed by atoms with E-state index in [1.165, 1.54) is 4.90 Å². The zero-order valence-corrected chi connectivity index (χ0v) is 35.7. The molecule has 1 unspecified atom stereocenters. The largest absolute Gasteiger partial charge is 0.480 e. The Labute approximate surface area is 372 Å². The van der Waals surface area contributed by atoms with Crippen molar-refractivity contribution in [2.75, 3.05) is 25.1 Å². The number of aldehydes is 1. The third-order valence-electron chi connectivity index (χ3n) is 12.0. The number of para-hydroxylation sites is 2. The molecule has 2 fully saturated rings. The van der Waals surface area contributed by atoms with E-state index in [-0.39, 0.29) is 31.1 Å². The number of hydrogen-bond acceptors (Lipinski definition) is 11. The lowest BCUT2D eigenvalue weighted by Gasteiger charge is -2.27. The highest BCUT2D eigenvalue weighted by Gasteiger charge is 2.40. The van der Waals surface area contributed by atoms with E-state index in [1.807, 2.05) is 6.07 Å². The summed E-state index contributed by atoms with van der Waals surface area (Å²) in [6.07, 6.45) is 3.75. The first-order valence-electron chi connectivity index (χ1n) is 21.5. The van der Waals surface area contributed by atoms with E-state index in [0.717, 1.165) is 0 Å². The molecule has 21 heteroatoms. The fourth-order valence-corrected chi connectivity index (χ4v) is 8.68. The average Bonchev–Trinajstić information content (AvgIpc) is 4.10. The Morgan fingerprint density at radius 2 is 1.57 bits per heavy atom. The number of nitrogens with one attached hydrogen (secondary N) is 7. The number of carboxylic acid groups (broad SMARTS) is 1. The van der Waals surface area contributed by atoms with Crippen molar-refractivity contribution in [3.63, 3.8) is 0 Å². The molecule has 2 saturated heterocycles. The second-order valence-electron chi connectivity index (χ2n) is 16.8. The number of carboxylic acids is 1. The zero-order valence-electron chi connectivity index (χ0n) is 35.7. The van der Waals surface area contributed by atoms with Crippen LogP contribution in [0, 0.1) is 5.92 Å². The lowest BCUT2D eigenvalue weighted by Crippen LogP contribution is -2.56. The maximum Gasteiger partial charge on any atom is 0.326 e. The fraction of sp³-hybridized carbons (Fsp3) is 0.432. The number of aliphatic hydroxyl groups excluding tert-OH is 1. The van der Waals surface area contributed by atoms with Gasteiger partial charge in [-0.15, -0.1) is 0 Å². The predicted molar refractivity (Wildman–Crippen MR) is 232 cm³/mol. The summed E-state index contributed by atoms with van der Waals surface area (Å²) in [5, 5.41) is 36.8. The van der Waals surface area contributed by atoms with Crippen molar-refractivity contribution in [3.05, 3.63) is 72.1 Å². The molecule has 0 radical (unpaired) electrons. The van der Waals surface area contributed by atoms with Gasteiger partial charge in [-0.05, 0) is 48.4 Å². The van der Waals surface area contributed by atoms with Gasteiger partial charge in [0.05, 0.1) is 30.2 Å². The first-order chi connectivity index (χ1) is 31.2. The maximum absolute atomic E-state index is 14.7. The number of fused-ring (bicyclic) bond motifs is 6. The van der Waals surface area contributed by atoms with Crippen molar-refractivity contribution < 1.29 is 53.4 Å². The van der Waals surface area contributed by atoms with Crippen LogP contribution in [0.1, 0.15) is 56.8 Å². The molecule has 2 bridgehead atoms. The smallest absolute Gasteiger partial charge is 0.326 e. The van der Waals surface area contributed by atoms with E-state index in [9.17, 15) is 53.4 Å². The number of amides is 7. The Kier molecular flexibility index (Phi) is 13.8. The van der Waals surface area contributed by atoms with E-state index in [1.54, 1.807) is 77.9 Å². The molecule has 3 aliphatic rings. The van der Waals surface area contributed by atoms with Crippen LogP contribution < -0.4 is 37.3 Å². The molecule has 0 saturated carbocycles. The van der Waals surface area contributed by atoms with Gasteiger partial charge in [0.25, 0.3) is 5.91 Å². The fourth-order valence-electron chi connectivity index (χ4n) is 8.68. The highest BCUT2D eigenvalue weighted by molar-refractivity contribution is 5.97. The van der Waals surface area contributed by atoms with Crippen LogP contribution in [0.4, 0.5) is 0 Å². The normalized spacial score (nSPS) is 23.8. The molecule has 7 rings (SSSR count). The number of aromatic nitrogens is 2. The predicted octanol–water partition coefficient (Wildman–Crippen LogP) is -1.31. The van der Waals surface area contributed by atoms with Crippen LogP contribution in [0.15, 0.2) is 60.9 Å². The van der Waals surface area contributed by atoms with Crippen LogP contribution in [-0.2, 0) is 56.0 Å². The van der Waals surface area contributed by atoms with E-state index < -0.39 is 97.0 Å². The van der Waals surface area contributed by atoms with Gasteiger partial charge in [0.15, 0.2) is 6.17 Å². The van der Waals surface area contributed by atoms with Crippen LogP contribution in [0.2, 0.25) is 0 Å². The molecule has 5 heterocycles. The monoisotopic (exact) mass is 896 g/mol. The molecule has 21 nitrogen and oxygen atoms in total. The molecule has 4 aromatic rings.